The number of hydrogen-bond donors (Lipinski definition) is 2. The molecule has 0 radical (unpaired) electrons. The molecule has 0 aromatic carbocycles. The summed E-state index contributed by atoms with van der Waals surface area (Å²) < 4.78 is 1.81. The molecule has 0 amide bonds. The van der Waals surface area contributed by atoms with Crippen LogP contribution < -0.4 is 5.32 Å². The smallest absolute Gasteiger partial charge is 0.128 e. The van der Waals surface area contributed by atoms with E-state index in [0.29, 0.717) is 11.7 Å². The van der Waals surface area contributed by atoms with Crippen molar-refractivity contribution in [2.75, 3.05) is 0 Å². The van der Waals surface area contributed by atoms with Crippen molar-refractivity contribution in [1.82, 2.24) is 14.9 Å². The van der Waals surface area contributed by atoms with E-state index in [-0.39, 0.29) is 5.54 Å². The highest BCUT2D eigenvalue weighted by Crippen LogP contribution is 2.12. The number of nitrogens with one attached hydrogen (secondary N) is 1. The van der Waals surface area contributed by atoms with Crippen LogP contribution in [0.1, 0.15) is 26.6 Å². The van der Waals surface area contributed by atoms with Gasteiger partial charge in [-0.3, -0.25) is 0 Å². The average Bonchev–Trinajstić information content (AvgIpc) is 2.45. The van der Waals surface area contributed by atoms with Gasteiger partial charge in [0.05, 0.1) is 18.8 Å². The molecule has 1 unspecified atom stereocenters. The second kappa shape index (κ2) is 4.51. The van der Waals surface area contributed by atoms with Gasteiger partial charge in [0.25, 0.3) is 0 Å². The third-order valence-corrected chi connectivity index (χ3v) is 3.13. The number of hydrogen-bond acceptors (Lipinski definition) is 3. The molecule has 0 saturated heterocycles. The summed E-state index contributed by atoms with van der Waals surface area (Å²) in [5, 5.41) is 13.4. The van der Waals surface area contributed by atoms with Crippen molar-refractivity contribution in [2.24, 2.45) is 7.05 Å². The summed E-state index contributed by atoms with van der Waals surface area (Å²) in [6, 6.07) is 0. The van der Waals surface area contributed by atoms with Gasteiger partial charge in [0, 0.05) is 12.6 Å². The number of aliphatic hydroxyl groups is 1. The standard InChI is InChI=1S/C10H18ClN3O/c1-7(15)10(2,3)13-6-9-12-5-8(11)14(9)4/h5,7,13,15H,6H2,1-4H3. The molecule has 0 bridgehead atoms. The van der Waals surface area contributed by atoms with Crippen molar-refractivity contribution >= 4 is 11.6 Å². The van der Waals surface area contributed by atoms with Crippen molar-refractivity contribution in [3.8, 4) is 0 Å². The summed E-state index contributed by atoms with van der Waals surface area (Å²) >= 11 is 5.87. The predicted octanol–water partition coefficient (Wildman–Crippen LogP) is 1.32. The minimum absolute atomic E-state index is 0.335. The van der Waals surface area contributed by atoms with Crippen LogP contribution in [-0.4, -0.2) is 26.3 Å². The number of aromatic nitrogens is 2. The molecule has 0 saturated carbocycles. The molecule has 0 aliphatic heterocycles. The Kier molecular flexibility index (Phi) is 3.76. The zero-order valence-electron chi connectivity index (χ0n) is 9.58. The lowest BCUT2D eigenvalue weighted by atomic mass is 9.99. The van der Waals surface area contributed by atoms with Crippen LogP contribution in [0.15, 0.2) is 6.20 Å². The third kappa shape index (κ3) is 2.93. The Morgan fingerprint density at radius 2 is 2.27 bits per heavy atom. The minimum atomic E-state index is -0.423. The molecule has 1 atom stereocenters. The summed E-state index contributed by atoms with van der Waals surface area (Å²) in [6.07, 6.45) is 1.20. The molecule has 0 aliphatic rings. The van der Waals surface area contributed by atoms with Gasteiger partial charge in [-0.2, -0.15) is 0 Å². The minimum Gasteiger partial charge on any atom is -0.392 e. The number of aliphatic hydroxyl groups excluding tert-OH is 1. The zero-order chi connectivity index (χ0) is 11.6. The van der Waals surface area contributed by atoms with E-state index in [0.717, 1.165) is 5.82 Å². The fourth-order valence-electron chi connectivity index (χ4n) is 1.04. The predicted molar refractivity (Wildman–Crippen MR) is 60.8 cm³/mol. The highest BCUT2D eigenvalue weighted by molar-refractivity contribution is 6.29. The van der Waals surface area contributed by atoms with E-state index in [1.165, 1.54) is 0 Å². The zero-order valence-corrected chi connectivity index (χ0v) is 10.3. The van der Waals surface area contributed by atoms with Crippen LogP contribution in [0.2, 0.25) is 5.15 Å². The largest absolute Gasteiger partial charge is 0.392 e. The summed E-state index contributed by atoms with van der Waals surface area (Å²) in [7, 11) is 1.86. The first-order valence-electron chi connectivity index (χ1n) is 4.94. The molecule has 0 aliphatic carbocycles. The van der Waals surface area contributed by atoms with Crippen LogP contribution >= 0.6 is 11.6 Å². The highest BCUT2D eigenvalue weighted by atomic mass is 35.5. The van der Waals surface area contributed by atoms with Gasteiger partial charge >= 0.3 is 0 Å². The monoisotopic (exact) mass is 231 g/mol. The van der Waals surface area contributed by atoms with Crippen molar-refractivity contribution in [2.45, 2.75) is 39.0 Å². The summed E-state index contributed by atoms with van der Waals surface area (Å²) in [4.78, 5) is 4.16. The molecule has 0 fully saturated rings. The Morgan fingerprint density at radius 1 is 1.67 bits per heavy atom. The van der Waals surface area contributed by atoms with Gasteiger partial charge < -0.3 is 15.0 Å². The Balaban J connectivity index is 2.61. The molecular weight excluding hydrogens is 214 g/mol. The van der Waals surface area contributed by atoms with E-state index >= 15 is 0 Å². The van der Waals surface area contributed by atoms with E-state index in [1.807, 2.05) is 25.5 Å². The van der Waals surface area contributed by atoms with Gasteiger partial charge in [0.2, 0.25) is 0 Å². The van der Waals surface area contributed by atoms with Crippen LogP contribution in [0.4, 0.5) is 0 Å². The second-order valence-electron chi connectivity index (χ2n) is 4.31. The molecule has 5 heteroatoms. The number of rotatable bonds is 4. The lowest BCUT2D eigenvalue weighted by molar-refractivity contribution is 0.0950. The molecule has 1 aromatic rings. The Morgan fingerprint density at radius 3 is 2.67 bits per heavy atom. The topological polar surface area (TPSA) is 50.1 Å². The van der Waals surface area contributed by atoms with Crippen LogP contribution in [0.25, 0.3) is 0 Å². The van der Waals surface area contributed by atoms with Crippen molar-refractivity contribution < 1.29 is 5.11 Å². The third-order valence-electron chi connectivity index (χ3n) is 2.77. The fourth-order valence-corrected chi connectivity index (χ4v) is 1.19. The van der Waals surface area contributed by atoms with Crippen LogP contribution in [0.5, 0.6) is 0 Å². The van der Waals surface area contributed by atoms with Crippen LogP contribution in [0.3, 0.4) is 0 Å². The SMILES string of the molecule is CC(O)C(C)(C)NCc1ncc(Cl)n1C. The Bertz CT molecular complexity index is 333. The van der Waals surface area contributed by atoms with Crippen molar-refractivity contribution in [1.29, 1.82) is 0 Å². The molecule has 0 spiro atoms. The van der Waals surface area contributed by atoms with E-state index in [4.69, 9.17) is 11.6 Å². The quantitative estimate of drug-likeness (QED) is 0.822. The highest BCUT2D eigenvalue weighted by Gasteiger charge is 2.23. The average molecular weight is 232 g/mol. The lowest BCUT2D eigenvalue weighted by Gasteiger charge is -2.29. The van der Waals surface area contributed by atoms with Crippen molar-refractivity contribution in [3.05, 3.63) is 17.2 Å². The van der Waals surface area contributed by atoms with Crippen LogP contribution in [0, 0.1) is 0 Å². The maximum Gasteiger partial charge on any atom is 0.128 e. The van der Waals surface area contributed by atoms with Gasteiger partial charge in [-0.05, 0) is 20.8 Å². The molecule has 1 heterocycles. The van der Waals surface area contributed by atoms with E-state index in [9.17, 15) is 5.11 Å². The second-order valence-corrected chi connectivity index (χ2v) is 4.69. The molecule has 1 rings (SSSR count). The number of nitrogens with zero attached hydrogens (tertiary/aromatic N) is 2. The summed E-state index contributed by atoms with van der Waals surface area (Å²) in [5.41, 5.74) is -0.335. The fraction of sp³-hybridized carbons (Fsp3) is 0.700. The summed E-state index contributed by atoms with van der Waals surface area (Å²) in [6.45, 7) is 6.24. The first-order valence-corrected chi connectivity index (χ1v) is 5.31. The van der Waals surface area contributed by atoms with Crippen LogP contribution in [-0.2, 0) is 13.6 Å². The number of halogens is 1. The van der Waals surface area contributed by atoms with Crippen molar-refractivity contribution in [3.63, 3.8) is 0 Å². The van der Waals surface area contributed by atoms with E-state index in [2.05, 4.69) is 10.3 Å². The van der Waals surface area contributed by atoms with E-state index < -0.39 is 6.10 Å². The first-order chi connectivity index (χ1) is 6.84. The normalized spacial score (nSPS) is 14.3. The number of imidazole rings is 1. The van der Waals surface area contributed by atoms with Gasteiger partial charge in [0.1, 0.15) is 11.0 Å². The maximum atomic E-state index is 9.52. The Labute approximate surface area is 95.3 Å². The lowest BCUT2D eigenvalue weighted by Crippen LogP contribution is -2.48. The first kappa shape index (κ1) is 12.5. The maximum absolute atomic E-state index is 9.52. The molecule has 2 N–H and O–H groups in total. The van der Waals surface area contributed by atoms with Gasteiger partial charge in [0.15, 0.2) is 0 Å². The molecular formula is C10H18ClN3O. The van der Waals surface area contributed by atoms with Gasteiger partial charge in [-0.1, -0.05) is 11.6 Å². The van der Waals surface area contributed by atoms with Gasteiger partial charge in [-0.15, -0.1) is 0 Å². The molecule has 86 valence electrons. The Hall–Kier alpha value is -0.580. The molecule has 4 nitrogen and oxygen atoms in total. The summed E-state index contributed by atoms with van der Waals surface area (Å²) in [5.74, 6) is 0.855. The van der Waals surface area contributed by atoms with E-state index in [1.54, 1.807) is 13.1 Å². The molecule has 1 aromatic heterocycles. The molecule has 15 heavy (non-hydrogen) atoms. The van der Waals surface area contributed by atoms with Gasteiger partial charge in [-0.25, -0.2) is 4.98 Å².